The Morgan fingerprint density at radius 3 is 1.76 bits per heavy atom. The first kappa shape index (κ1) is 21.0. The van der Waals surface area contributed by atoms with Gasteiger partial charge >= 0.3 is 137 Å². The molecule has 0 amide bonds. The van der Waals surface area contributed by atoms with Crippen LogP contribution in [0.25, 0.3) is 0 Å². The molecule has 0 fully saturated rings. The fourth-order valence-electron chi connectivity index (χ4n) is 2.85. The number of carbonyl (C=O) groups is 1. The van der Waals surface area contributed by atoms with Gasteiger partial charge < -0.3 is 0 Å². The van der Waals surface area contributed by atoms with Crippen LogP contribution in [-0.2, 0) is 9.53 Å². The van der Waals surface area contributed by atoms with Crippen LogP contribution >= 0.6 is 0 Å². The molecule has 0 rings (SSSR count). The number of hydrogen-bond donors (Lipinski definition) is 0. The van der Waals surface area contributed by atoms with Crippen molar-refractivity contribution in [1.82, 2.24) is 0 Å². The first-order valence-corrected chi connectivity index (χ1v) is 16.6. The molecule has 0 aliphatic carbocycles. The van der Waals surface area contributed by atoms with E-state index in [9.17, 15) is 4.79 Å². The molecular weight excluding hydrogens is 367 g/mol. The number of ether oxygens (including phenoxy) is 1. The molecule has 0 aliphatic rings. The molecule has 0 unspecified atom stereocenters. The van der Waals surface area contributed by atoms with Crippen LogP contribution in [0.5, 0.6) is 0 Å². The molecule has 0 aromatic rings. The molecule has 0 bridgehead atoms. The van der Waals surface area contributed by atoms with Gasteiger partial charge in [-0.3, -0.25) is 0 Å². The second-order valence-corrected chi connectivity index (χ2v) is 19.4. The minimum absolute atomic E-state index is 0.0662. The standard InChI is InChI=1S/C6H9O2.3C4H9.Sn/c1-4-5(2)8-6(3)7;3*1-3-4-2;/h1,4-5H,2-3H3;3*1,3-4H2,2H3;/t5-;;;;/m1..../s1. The molecule has 0 aliphatic heterocycles. The summed E-state index contributed by atoms with van der Waals surface area (Å²) in [6.45, 7) is 10.4. The number of esters is 1. The molecule has 1 atom stereocenters. The Morgan fingerprint density at radius 2 is 1.43 bits per heavy atom. The number of hydrogen-bond acceptors (Lipinski definition) is 2. The molecule has 2 nitrogen and oxygen atoms in total. The quantitative estimate of drug-likeness (QED) is 0.300. The van der Waals surface area contributed by atoms with Crippen molar-refractivity contribution in [3.63, 3.8) is 0 Å². The summed E-state index contributed by atoms with van der Waals surface area (Å²) in [7, 11) is 0. The summed E-state index contributed by atoms with van der Waals surface area (Å²) in [5.74, 6) is -0.177. The Hall–Kier alpha value is 0.00870. The van der Waals surface area contributed by atoms with E-state index in [-0.39, 0.29) is 12.1 Å². The molecule has 0 saturated heterocycles. The van der Waals surface area contributed by atoms with Crippen molar-refractivity contribution in [3.8, 4) is 0 Å². The van der Waals surface area contributed by atoms with Crippen LogP contribution in [0.1, 0.15) is 73.1 Å². The van der Waals surface area contributed by atoms with Crippen LogP contribution in [-0.4, -0.2) is 30.5 Å². The Bertz CT molecular complexity index is 278. The number of unbranched alkanes of at least 4 members (excludes halogenated alkanes) is 3. The van der Waals surface area contributed by atoms with E-state index in [0.29, 0.717) is 0 Å². The van der Waals surface area contributed by atoms with Crippen molar-refractivity contribution in [2.45, 2.75) is 92.6 Å². The monoisotopic (exact) mass is 404 g/mol. The first-order valence-electron chi connectivity index (χ1n) is 8.86. The first-order chi connectivity index (χ1) is 9.99. The fourth-order valence-corrected chi connectivity index (χ4v) is 17.4. The van der Waals surface area contributed by atoms with Crippen molar-refractivity contribution in [1.29, 1.82) is 0 Å². The summed E-state index contributed by atoms with van der Waals surface area (Å²) < 4.78 is 12.2. The molecule has 0 heterocycles. The number of carbonyl (C=O) groups excluding carboxylic acids is 1. The third kappa shape index (κ3) is 10.4. The van der Waals surface area contributed by atoms with Gasteiger partial charge in [-0.15, -0.1) is 0 Å². The van der Waals surface area contributed by atoms with Gasteiger partial charge in [0.1, 0.15) is 0 Å². The van der Waals surface area contributed by atoms with Crippen molar-refractivity contribution >= 4 is 24.3 Å². The average Bonchev–Trinajstić information content (AvgIpc) is 2.45. The maximum atomic E-state index is 11.1. The molecular formula is C18H36O2Sn. The van der Waals surface area contributed by atoms with E-state index in [2.05, 4.69) is 30.9 Å². The topological polar surface area (TPSA) is 26.3 Å². The van der Waals surface area contributed by atoms with Crippen LogP contribution in [0.15, 0.2) is 10.2 Å². The van der Waals surface area contributed by atoms with Gasteiger partial charge in [-0.1, -0.05) is 0 Å². The third-order valence-corrected chi connectivity index (χ3v) is 18.3. The van der Waals surface area contributed by atoms with E-state index in [4.69, 9.17) is 4.74 Å². The van der Waals surface area contributed by atoms with E-state index >= 15 is 0 Å². The molecule has 0 spiro atoms. The van der Waals surface area contributed by atoms with Crippen LogP contribution in [0.2, 0.25) is 13.3 Å². The summed E-state index contributed by atoms with van der Waals surface area (Å²) in [5, 5.41) is 0. The van der Waals surface area contributed by atoms with Gasteiger partial charge in [0.25, 0.3) is 0 Å². The van der Waals surface area contributed by atoms with E-state index in [1.54, 1.807) is 0 Å². The molecule has 0 aromatic heterocycles. The SMILES string of the molecule is CCC[CH2][Sn](/[CH]=C/[C@@H](C)OC(C)=O)([CH2]CCC)[CH2]CCC. The Morgan fingerprint density at radius 1 is 1.00 bits per heavy atom. The van der Waals surface area contributed by atoms with Crippen LogP contribution in [0, 0.1) is 0 Å². The number of rotatable bonds is 12. The summed E-state index contributed by atoms with van der Waals surface area (Å²) in [6, 6.07) is 0. The van der Waals surface area contributed by atoms with E-state index in [1.165, 1.54) is 58.8 Å². The van der Waals surface area contributed by atoms with Crippen molar-refractivity contribution in [2.24, 2.45) is 0 Å². The van der Waals surface area contributed by atoms with Crippen molar-refractivity contribution in [3.05, 3.63) is 10.2 Å². The van der Waals surface area contributed by atoms with Crippen molar-refractivity contribution < 1.29 is 9.53 Å². The Balaban J connectivity index is 4.91. The second kappa shape index (κ2) is 12.5. The van der Waals surface area contributed by atoms with E-state index < -0.39 is 18.4 Å². The van der Waals surface area contributed by atoms with Gasteiger partial charge in [-0.25, -0.2) is 0 Å². The van der Waals surface area contributed by atoms with Crippen LogP contribution in [0.3, 0.4) is 0 Å². The second-order valence-electron chi connectivity index (χ2n) is 6.35. The zero-order valence-electron chi connectivity index (χ0n) is 14.9. The summed E-state index contributed by atoms with van der Waals surface area (Å²) in [6.07, 6.45) is 10.1. The van der Waals surface area contributed by atoms with Crippen LogP contribution in [0.4, 0.5) is 0 Å². The van der Waals surface area contributed by atoms with Gasteiger partial charge in [-0.2, -0.15) is 0 Å². The Kier molecular flexibility index (Phi) is 12.5. The molecule has 0 saturated carbocycles. The average molecular weight is 403 g/mol. The summed E-state index contributed by atoms with van der Waals surface area (Å²) in [5.41, 5.74) is 0. The minimum atomic E-state index is -2.19. The predicted molar refractivity (Wildman–Crippen MR) is 95.3 cm³/mol. The van der Waals surface area contributed by atoms with Gasteiger partial charge in [0.2, 0.25) is 0 Å². The summed E-state index contributed by atoms with van der Waals surface area (Å²) in [4.78, 5) is 11.1. The fraction of sp³-hybridized carbons (Fsp3) is 0.833. The molecule has 0 N–H and O–H groups in total. The maximum absolute atomic E-state index is 11.1. The Labute approximate surface area is 136 Å². The predicted octanol–water partition coefficient (Wildman–Crippen LogP) is 5.88. The molecule has 0 aromatic carbocycles. The summed E-state index contributed by atoms with van der Waals surface area (Å²) >= 11 is -2.19. The zero-order chi connectivity index (χ0) is 16.1. The van der Waals surface area contributed by atoms with Crippen LogP contribution < -0.4 is 0 Å². The molecule has 21 heavy (non-hydrogen) atoms. The van der Waals surface area contributed by atoms with Gasteiger partial charge in [0, 0.05) is 0 Å². The molecule has 0 radical (unpaired) electrons. The van der Waals surface area contributed by atoms with Gasteiger partial charge in [0.15, 0.2) is 0 Å². The zero-order valence-corrected chi connectivity index (χ0v) is 17.8. The van der Waals surface area contributed by atoms with E-state index in [1.807, 2.05) is 6.92 Å². The molecule has 3 heteroatoms. The van der Waals surface area contributed by atoms with Gasteiger partial charge in [0.05, 0.1) is 0 Å². The third-order valence-electron chi connectivity index (χ3n) is 4.16. The van der Waals surface area contributed by atoms with Crippen molar-refractivity contribution in [2.75, 3.05) is 0 Å². The normalized spacial score (nSPS) is 13.6. The van der Waals surface area contributed by atoms with E-state index in [0.717, 1.165) is 0 Å². The molecule has 124 valence electrons. The van der Waals surface area contributed by atoms with Gasteiger partial charge in [-0.05, 0) is 0 Å².